The number of nitrogens with zero attached hydrogens (tertiary/aromatic N) is 1. The minimum Gasteiger partial charge on any atom is -0.361 e. The third-order valence-corrected chi connectivity index (χ3v) is 5.43. The van der Waals surface area contributed by atoms with Crippen LogP contribution in [0.2, 0.25) is 0 Å². The van der Waals surface area contributed by atoms with Crippen LogP contribution in [0, 0.1) is 11.3 Å². The van der Waals surface area contributed by atoms with Crippen LogP contribution in [0.5, 0.6) is 0 Å². The molecule has 2 heterocycles. The molecule has 0 unspecified atom stereocenters. The fourth-order valence-corrected chi connectivity index (χ4v) is 4.07. The molecule has 0 aromatic carbocycles. The van der Waals surface area contributed by atoms with E-state index >= 15 is 0 Å². The molecule has 2 saturated heterocycles. The van der Waals surface area contributed by atoms with Gasteiger partial charge in [0.05, 0.1) is 6.61 Å². The topological polar surface area (TPSA) is 29.5 Å². The van der Waals surface area contributed by atoms with Gasteiger partial charge in [0.15, 0.2) is 0 Å². The second-order valence-corrected chi connectivity index (χ2v) is 6.08. The summed E-state index contributed by atoms with van der Waals surface area (Å²) in [6, 6.07) is 0. The Morgan fingerprint density at radius 3 is 2.73 bits per heavy atom. The van der Waals surface area contributed by atoms with Crippen molar-refractivity contribution in [3.63, 3.8) is 0 Å². The quantitative estimate of drug-likeness (QED) is 0.677. The lowest BCUT2D eigenvalue weighted by atomic mass is 9.63. The number of amides is 1. The summed E-state index contributed by atoms with van der Waals surface area (Å²) >= 11 is 2.02. The first kappa shape index (κ1) is 9.97. The molecule has 0 atom stereocenters. The van der Waals surface area contributed by atoms with Crippen molar-refractivity contribution in [3.05, 3.63) is 0 Å². The molecular weight excluding hydrogens is 210 g/mol. The van der Waals surface area contributed by atoms with Gasteiger partial charge in [-0.25, -0.2) is 0 Å². The van der Waals surface area contributed by atoms with E-state index in [1.54, 1.807) is 0 Å². The van der Waals surface area contributed by atoms with Crippen LogP contribution in [0.4, 0.5) is 0 Å². The summed E-state index contributed by atoms with van der Waals surface area (Å²) < 4.78 is 5.32. The molecular formula is C11H17NO2S. The molecule has 3 fully saturated rings. The normalized spacial score (nSPS) is 29.7. The van der Waals surface area contributed by atoms with Gasteiger partial charge in [-0.1, -0.05) is 0 Å². The van der Waals surface area contributed by atoms with Crippen molar-refractivity contribution >= 4 is 17.7 Å². The molecule has 15 heavy (non-hydrogen) atoms. The highest BCUT2D eigenvalue weighted by Gasteiger charge is 2.52. The molecule has 0 N–H and O–H groups in total. The molecule has 1 saturated carbocycles. The third kappa shape index (κ3) is 1.68. The first-order valence-electron chi connectivity index (χ1n) is 5.73. The first-order valence-corrected chi connectivity index (χ1v) is 6.89. The van der Waals surface area contributed by atoms with E-state index in [2.05, 4.69) is 0 Å². The highest BCUT2D eigenvalue weighted by atomic mass is 32.2. The van der Waals surface area contributed by atoms with Crippen molar-refractivity contribution in [1.29, 1.82) is 0 Å². The van der Waals surface area contributed by atoms with Gasteiger partial charge in [-0.2, -0.15) is 11.8 Å². The van der Waals surface area contributed by atoms with Crippen molar-refractivity contribution in [3.8, 4) is 0 Å². The van der Waals surface area contributed by atoms with Gasteiger partial charge in [-0.05, 0) is 36.2 Å². The maximum absolute atomic E-state index is 12.0. The molecule has 0 aromatic heterocycles. The Morgan fingerprint density at radius 1 is 1.40 bits per heavy atom. The zero-order valence-electron chi connectivity index (χ0n) is 8.91. The SMILES string of the molecule is O=C(C1CC2(CSC2)C1)N1CCCOC1. The summed E-state index contributed by atoms with van der Waals surface area (Å²) in [6.45, 7) is 2.24. The number of rotatable bonds is 1. The molecule has 0 aromatic rings. The van der Waals surface area contributed by atoms with E-state index in [0.29, 0.717) is 24.0 Å². The van der Waals surface area contributed by atoms with E-state index in [0.717, 1.165) is 32.4 Å². The molecule has 2 aliphatic heterocycles. The van der Waals surface area contributed by atoms with Crippen molar-refractivity contribution in [2.45, 2.75) is 19.3 Å². The van der Waals surface area contributed by atoms with Crippen molar-refractivity contribution in [2.75, 3.05) is 31.4 Å². The Bertz CT molecular complexity index is 264. The number of ether oxygens (including phenoxy) is 1. The standard InChI is InChI=1S/C11H17NO2S/c13-10(12-2-1-3-14-8-12)9-4-11(5-9)6-15-7-11/h9H,1-8H2. The van der Waals surface area contributed by atoms with Gasteiger partial charge in [-0.15, -0.1) is 0 Å². The van der Waals surface area contributed by atoms with E-state index < -0.39 is 0 Å². The van der Waals surface area contributed by atoms with Gasteiger partial charge in [0, 0.05) is 12.5 Å². The van der Waals surface area contributed by atoms with E-state index in [9.17, 15) is 4.79 Å². The smallest absolute Gasteiger partial charge is 0.227 e. The van der Waals surface area contributed by atoms with Crippen LogP contribution in [0.15, 0.2) is 0 Å². The fourth-order valence-electron chi connectivity index (χ4n) is 2.82. The van der Waals surface area contributed by atoms with E-state index in [1.165, 1.54) is 11.5 Å². The summed E-state index contributed by atoms with van der Waals surface area (Å²) in [5, 5.41) is 0. The Labute approximate surface area is 94.5 Å². The van der Waals surface area contributed by atoms with E-state index in [1.807, 2.05) is 16.7 Å². The molecule has 84 valence electrons. The van der Waals surface area contributed by atoms with Crippen LogP contribution in [0.1, 0.15) is 19.3 Å². The number of thioether (sulfide) groups is 1. The average Bonchev–Trinajstić information content (AvgIpc) is 2.14. The maximum Gasteiger partial charge on any atom is 0.227 e. The highest BCUT2D eigenvalue weighted by Crippen LogP contribution is 2.56. The van der Waals surface area contributed by atoms with Gasteiger partial charge in [-0.3, -0.25) is 4.79 Å². The van der Waals surface area contributed by atoms with Crippen LogP contribution in [0.25, 0.3) is 0 Å². The average molecular weight is 227 g/mol. The van der Waals surface area contributed by atoms with Crippen LogP contribution in [-0.2, 0) is 9.53 Å². The minimum absolute atomic E-state index is 0.313. The zero-order chi connectivity index (χ0) is 10.3. The molecule has 4 heteroatoms. The number of carbonyl (C=O) groups is 1. The number of hydrogen-bond donors (Lipinski definition) is 0. The van der Waals surface area contributed by atoms with Crippen LogP contribution < -0.4 is 0 Å². The summed E-state index contributed by atoms with van der Waals surface area (Å²) in [4.78, 5) is 13.9. The molecule has 0 radical (unpaired) electrons. The van der Waals surface area contributed by atoms with Gasteiger partial charge in [0.2, 0.25) is 5.91 Å². The van der Waals surface area contributed by atoms with Crippen molar-refractivity contribution < 1.29 is 9.53 Å². The minimum atomic E-state index is 0.313. The molecule has 1 amide bonds. The Kier molecular flexibility index (Phi) is 2.44. The lowest BCUT2D eigenvalue weighted by molar-refractivity contribution is -0.151. The number of hydrogen-bond acceptors (Lipinski definition) is 3. The second kappa shape index (κ2) is 3.67. The number of carbonyl (C=O) groups excluding carboxylic acids is 1. The predicted octanol–water partition coefficient (Wildman–Crippen LogP) is 1.34. The molecule has 3 nitrogen and oxygen atoms in total. The lowest BCUT2D eigenvalue weighted by Crippen LogP contribution is -2.54. The Hall–Kier alpha value is -0.220. The highest BCUT2D eigenvalue weighted by molar-refractivity contribution is 8.00. The molecule has 3 aliphatic rings. The van der Waals surface area contributed by atoms with Crippen LogP contribution in [-0.4, -0.2) is 42.2 Å². The molecule has 3 rings (SSSR count). The summed E-state index contributed by atoms with van der Waals surface area (Å²) in [5.74, 6) is 3.23. The molecule has 0 bridgehead atoms. The monoisotopic (exact) mass is 227 g/mol. The lowest BCUT2D eigenvalue weighted by Gasteiger charge is -2.53. The van der Waals surface area contributed by atoms with Gasteiger partial charge in [0.25, 0.3) is 0 Å². The van der Waals surface area contributed by atoms with Gasteiger partial charge < -0.3 is 9.64 Å². The predicted molar refractivity (Wildman–Crippen MR) is 59.6 cm³/mol. The molecule has 1 aliphatic carbocycles. The maximum atomic E-state index is 12.0. The van der Waals surface area contributed by atoms with Crippen LogP contribution in [0.3, 0.4) is 0 Å². The molecule has 1 spiro atoms. The zero-order valence-corrected chi connectivity index (χ0v) is 9.72. The van der Waals surface area contributed by atoms with E-state index in [-0.39, 0.29) is 0 Å². The Balaban J connectivity index is 1.52. The van der Waals surface area contributed by atoms with E-state index in [4.69, 9.17) is 4.74 Å². The van der Waals surface area contributed by atoms with Crippen LogP contribution >= 0.6 is 11.8 Å². The second-order valence-electron chi connectivity index (χ2n) is 5.09. The summed E-state index contributed by atoms with van der Waals surface area (Å²) in [6.07, 6.45) is 3.27. The first-order chi connectivity index (χ1) is 7.29. The largest absolute Gasteiger partial charge is 0.361 e. The summed E-state index contributed by atoms with van der Waals surface area (Å²) in [5.41, 5.74) is 0.571. The fraction of sp³-hybridized carbons (Fsp3) is 0.909. The van der Waals surface area contributed by atoms with Crippen molar-refractivity contribution in [1.82, 2.24) is 4.90 Å². The van der Waals surface area contributed by atoms with Gasteiger partial charge in [0.1, 0.15) is 6.73 Å². The third-order valence-electron chi connectivity index (χ3n) is 3.80. The van der Waals surface area contributed by atoms with Crippen molar-refractivity contribution in [2.24, 2.45) is 11.3 Å². The van der Waals surface area contributed by atoms with Gasteiger partial charge >= 0.3 is 0 Å². The Morgan fingerprint density at radius 2 is 2.20 bits per heavy atom. The summed E-state index contributed by atoms with van der Waals surface area (Å²) in [7, 11) is 0.